The summed E-state index contributed by atoms with van der Waals surface area (Å²) >= 11 is 6.12. The van der Waals surface area contributed by atoms with Crippen molar-refractivity contribution in [3.63, 3.8) is 0 Å². The first kappa shape index (κ1) is 14.2. The van der Waals surface area contributed by atoms with Gasteiger partial charge in [-0.15, -0.1) is 0 Å². The van der Waals surface area contributed by atoms with E-state index in [0.717, 1.165) is 32.1 Å². The van der Waals surface area contributed by atoms with Gasteiger partial charge in [0.15, 0.2) is 5.82 Å². The molecule has 1 heterocycles. The Bertz CT molecular complexity index is 691. The van der Waals surface area contributed by atoms with E-state index in [1.165, 1.54) is 6.07 Å². The maximum atomic E-state index is 14.0. The minimum atomic E-state index is -0.457. The smallest absolute Gasteiger partial charge is 0.230 e. The van der Waals surface area contributed by atoms with E-state index < -0.39 is 5.54 Å². The summed E-state index contributed by atoms with van der Waals surface area (Å²) in [6.07, 6.45) is 4.74. The zero-order valence-corrected chi connectivity index (χ0v) is 12.8. The molecular formula is C16H17ClFN3O. The molecule has 2 aliphatic carbocycles. The quantitative estimate of drug-likeness (QED) is 0.932. The minimum Gasteiger partial charge on any atom is -0.339 e. The zero-order chi connectivity index (χ0) is 15.3. The lowest BCUT2D eigenvalue weighted by Gasteiger charge is -2.17. The van der Waals surface area contributed by atoms with Crippen molar-refractivity contribution in [2.24, 2.45) is 5.73 Å². The van der Waals surface area contributed by atoms with E-state index in [4.69, 9.17) is 21.9 Å². The summed E-state index contributed by atoms with van der Waals surface area (Å²) in [6.45, 7) is 0. The molecule has 1 aromatic heterocycles. The molecule has 0 amide bonds. The lowest BCUT2D eigenvalue weighted by atomic mass is 9.99. The van der Waals surface area contributed by atoms with Crippen molar-refractivity contribution in [2.45, 2.75) is 49.5 Å². The molecule has 2 aliphatic rings. The molecule has 2 saturated carbocycles. The van der Waals surface area contributed by atoms with Crippen molar-refractivity contribution in [1.82, 2.24) is 10.1 Å². The first-order chi connectivity index (χ1) is 10.6. The van der Waals surface area contributed by atoms with Crippen molar-refractivity contribution in [1.29, 1.82) is 0 Å². The summed E-state index contributed by atoms with van der Waals surface area (Å²) in [4.78, 5) is 4.49. The van der Waals surface area contributed by atoms with Gasteiger partial charge in [0.1, 0.15) is 5.82 Å². The fraction of sp³-hybridized carbons (Fsp3) is 0.500. The second-order valence-electron chi connectivity index (χ2n) is 6.40. The molecule has 116 valence electrons. The van der Waals surface area contributed by atoms with Crippen LogP contribution in [-0.2, 0) is 5.54 Å². The normalized spacial score (nSPS) is 26.3. The average molecular weight is 322 g/mol. The van der Waals surface area contributed by atoms with E-state index in [9.17, 15) is 4.39 Å². The van der Waals surface area contributed by atoms with Crippen molar-refractivity contribution >= 4 is 11.6 Å². The highest BCUT2D eigenvalue weighted by Crippen LogP contribution is 2.56. The van der Waals surface area contributed by atoms with Gasteiger partial charge in [0, 0.05) is 22.4 Å². The molecule has 2 fully saturated rings. The van der Waals surface area contributed by atoms with Crippen molar-refractivity contribution < 1.29 is 8.91 Å². The van der Waals surface area contributed by atoms with Crippen LogP contribution in [0, 0.1) is 5.82 Å². The second-order valence-corrected chi connectivity index (χ2v) is 6.81. The molecule has 2 unspecified atom stereocenters. The molecule has 0 saturated heterocycles. The topological polar surface area (TPSA) is 64.9 Å². The largest absolute Gasteiger partial charge is 0.339 e. The predicted octanol–water partition coefficient (Wildman–Crippen LogP) is 3.86. The third-order valence-corrected chi connectivity index (χ3v) is 5.19. The zero-order valence-electron chi connectivity index (χ0n) is 12.1. The van der Waals surface area contributed by atoms with Crippen LogP contribution in [0.5, 0.6) is 0 Å². The van der Waals surface area contributed by atoms with Gasteiger partial charge in [-0.25, -0.2) is 4.39 Å². The molecule has 4 nitrogen and oxygen atoms in total. The van der Waals surface area contributed by atoms with Crippen LogP contribution in [0.15, 0.2) is 22.7 Å². The summed E-state index contributed by atoms with van der Waals surface area (Å²) in [5.41, 5.74) is 6.44. The maximum absolute atomic E-state index is 14.0. The molecule has 22 heavy (non-hydrogen) atoms. The van der Waals surface area contributed by atoms with Crippen LogP contribution < -0.4 is 5.73 Å². The number of aromatic nitrogens is 2. The standard InChI is InChI=1S/C16H17ClFN3O/c17-11-4-3-5-12(18)13(11)9-8-10(9)14-20-15(21-22-14)16(19)6-1-2-7-16/h3-5,9-10H,1-2,6-8,19H2. The molecule has 2 atom stereocenters. The highest BCUT2D eigenvalue weighted by atomic mass is 35.5. The molecule has 1 aromatic carbocycles. The van der Waals surface area contributed by atoms with Crippen LogP contribution in [0.3, 0.4) is 0 Å². The lowest BCUT2D eigenvalue weighted by molar-refractivity contribution is 0.348. The Kier molecular flexibility index (Phi) is 3.24. The van der Waals surface area contributed by atoms with Crippen LogP contribution >= 0.6 is 11.6 Å². The van der Waals surface area contributed by atoms with E-state index in [2.05, 4.69) is 10.1 Å². The Morgan fingerprint density at radius 1 is 1.27 bits per heavy atom. The van der Waals surface area contributed by atoms with Crippen LogP contribution in [-0.4, -0.2) is 10.1 Å². The monoisotopic (exact) mass is 321 g/mol. The maximum Gasteiger partial charge on any atom is 0.230 e. The number of rotatable bonds is 3. The Morgan fingerprint density at radius 2 is 2.05 bits per heavy atom. The Labute approximate surface area is 132 Å². The molecule has 6 heteroatoms. The molecule has 2 aromatic rings. The van der Waals surface area contributed by atoms with Gasteiger partial charge >= 0.3 is 0 Å². The average Bonchev–Trinajstić information content (AvgIpc) is 2.91. The van der Waals surface area contributed by atoms with E-state index in [1.54, 1.807) is 12.1 Å². The minimum absolute atomic E-state index is 0.0132. The van der Waals surface area contributed by atoms with Crippen LogP contribution in [0.25, 0.3) is 0 Å². The predicted molar refractivity (Wildman–Crippen MR) is 80.1 cm³/mol. The number of nitrogens with zero attached hydrogens (tertiary/aromatic N) is 2. The fourth-order valence-corrected chi connectivity index (χ4v) is 3.77. The summed E-state index contributed by atoms with van der Waals surface area (Å²) in [6, 6.07) is 4.76. The highest BCUT2D eigenvalue weighted by Gasteiger charge is 2.47. The summed E-state index contributed by atoms with van der Waals surface area (Å²) < 4.78 is 19.4. The number of nitrogens with two attached hydrogens (primary N) is 1. The highest BCUT2D eigenvalue weighted by molar-refractivity contribution is 6.31. The van der Waals surface area contributed by atoms with Crippen molar-refractivity contribution in [2.75, 3.05) is 0 Å². The lowest BCUT2D eigenvalue weighted by Crippen LogP contribution is -2.34. The van der Waals surface area contributed by atoms with Gasteiger partial charge in [0.05, 0.1) is 5.54 Å². The van der Waals surface area contributed by atoms with E-state index in [-0.39, 0.29) is 17.7 Å². The molecule has 0 bridgehead atoms. The Morgan fingerprint density at radius 3 is 2.77 bits per heavy atom. The first-order valence-corrected chi connectivity index (χ1v) is 8.03. The van der Waals surface area contributed by atoms with Gasteiger partial charge in [-0.2, -0.15) is 4.98 Å². The number of halogens is 2. The second kappa shape index (κ2) is 5.03. The van der Waals surface area contributed by atoms with E-state index in [0.29, 0.717) is 22.3 Å². The van der Waals surface area contributed by atoms with Crippen LogP contribution in [0.4, 0.5) is 4.39 Å². The Balaban J connectivity index is 1.57. The summed E-state index contributed by atoms with van der Waals surface area (Å²) in [7, 11) is 0. The molecular weight excluding hydrogens is 305 g/mol. The van der Waals surface area contributed by atoms with Gasteiger partial charge < -0.3 is 10.3 Å². The van der Waals surface area contributed by atoms with Crippen LogP contribution in [0.2, 0.25) is 5.02 Å². The molecule has 4 rings (SSSR count). The third kappa shape index (κ3) is 2.23. The van der Waals surface area contributed by atoms with Crippen molar-refractivity contribution in [3.05, 3.63) is 46.3 Å². The summed E-state index contributed by atoms with van der Waals surface area (Å²) in [5.74, 6) is 0.923. The van der Waals surface area contributed by atoms with Gasteiger partial charge in [-0.1, -0.05) is 35.7 Å². The first-order valence-electron chi connectivity index (χ1n) is 7.65. The molecule has 0 spiro atoms. The number of hydrogen-bond donors (Lipinski definition) is 1. The third-order valence-electron chi connectivity index (χ3n) is 4.86. The molecule has 0 radical (unpaired) electrons. The van der Waals surface area contributed by atoms with E-state index >= 15 is 0 Å². The van der Waals surface area contributed by atoms with Gasteiger partial charge in [0.2, 0.25) is 5.89 Å². The Hall–Kier alpha value is -1.46. The van der Waals surface area contributed by atoms with E-state index in [1.807, 2.05) is 0 Å². The fourth-order valence-electron chi connectivity index (χ4n) is 3.47. The molecule has 0 aliphatic heterocycles. The van der Waals surface area contributed by atoms with Gasteiger partial charge in [0.25, 0.3) is 0 Å². The molecule has 2 N–H and O–H groups in total. The SMILES string of the molecule is NC1(c2noc(C3CC3c3c(F)cccc3Cl)n2)CCCC1. The van der Waals surface area contributed by atoms with Gasteiger partial charge in [-0.3, -0.25) is 0 Å². The number of hydrogen-bond acceptors (Lipinski definition) is 4. The van der Waals surface area contributed by atoms with Crippen molar-refractivity contribution in [3.8, 4) is 0 Å². The number of benzene rings is 1. The van der Waals surface area contributed by atoms with Crippen LogP contribution in [0.1, 0.15) is 61.2 Å². The van der Waals surface area contributed by atoms with Gasteiger partial charge in [-0.05, 0) is 31.4 Å². The summed E-state index contributed by atoms with van der Waals surface area (Å²) in [5, 5.41) is 4.52.